The van der Waals surface area contributed by atoms with Gasteiger partial charge in [-0.2, -0.15) is 5.10 Å². The summed E-state index contributed by atoms with van der Waals surface area (Å²) in [6, 6.07) is 23.3. The van der Waals surface area contributed by atoms with Gasteiger partial charge in [0.2, 0.25) is 0 Å². The normalized spacial score (nSPS) is 15.0. The second kappa shape index (κ2) is 9.34. The SMILES string of the molecule is O=C(CN1CCOCC1)N/N=C/c1cn(Cc2ccc3ccccc3c2)c2ccccc12. The number of fused-ring (bicyclic) bond motifs is 2. The van der Waals surface area contributed by atoms with E-state index in [2.05, 4.69) is 80.8 Å². The van der Waals surface area contributed by atoms with Crippen molar-refractivity contribution in [1.82, 2.24) is 14.9 Å². The van der Waals surface area contributed by atoms with Crippen molar-refractivity contribution in [3.8, 4) is 0 Å². The van der Waals surface area contributed by atoms with Crippen LogP contribution in [-0.2, 0) is 16.1 Å². The summed E-state index contributed by atoms with van der Waals surface area (Å²) in [5.74, 6) is -0.108. The summed E-state index contributed by atoms with van der Waals surface area (Å²) in [5, 5.41) is 7.82. The maximum atomic E-state index is 12.2. The summed E-state index contributed by atoms with van der Waals surface area (Å²) < 4.78 is 7.55. The van der Waals surface area contributed by atoms with E-state index in [9.17, 15) is 4.79 Å². The molecule has 0 unspecified atom stereocenters. The zero-order valence-electron chi connectivity index (χ0n) is 17.9. The van der Waals surface area contributed by atoms with Gasteiger partial charge in [0, 0.05) is 42.3 Å². The second-order valence-corrected chi connectivity index (χ2v) is 8.09. The molecule has 5 rings (SSSR count). The molecule has 1 amide bonds. The minimum absolute atomic E-state index is 0.108. The topological polar surface area (TPSA) is 58.9 Å². The highest BCUT2D eigenvalue weighted by atomic mass is 16.5. The minimum Gasteiger partial charge on any atom is -0.379 e. The average molecular weight is 427 g/mol. The van der Waals surface area contributed by atoms with Crippen LogP contribution < -0.4 is 5.43 Å². The first kappa shape index (κ1) is 20.4. The number of para-hydroxylation sites is 1. The average Bonchev–Trinajstić information content (AvgIpc) is 3.17. The van der Waals surface area contributed by atoms with Crippen molar-refractivity contribution in [3.63, 3.8) is 0 Å². The van der Waals surface area contributed by atoms with Gasteiger partial charge >= 0.3 is 0 Å². The zero-order valence-corrected chi connectivity index (χ0v) is 17.9. The Labute approximate surface area is 187 Å². The number of ether oxygens (including phenoxy) is 1. The number of morpholine rings is 1. The van der Waals surface area contributed by atoms with E-state index in [1.807, 2.05) is 12.1 Å². The van der Waals surface area contributed by atoms with Crippen LogP contribution in [0.5, 0.6) is 0 Å². The van der Waals surface area contributed by atoms with Gasteiger partial charge in [0.25, 0.3) is 5.91 Å². The number of carbonyl (C=O) groups is 1. The van der Waals surface area contributed by atoms with Crippen molar-refractivity contribution in [3.05, 3.63) is 84.1 Å². The summed E-state index contributed by atoms with van der Waals surface area (Å²) in [7, 11) is 0. The third kappa shape index (κ3) is 4.56. The fourth-order valence-electron chi connectivity index (χ4n) is 4.21. The van der Waals surface area contributed by atoms with E-state index in [1.165, 1.54) is 16.3 Å². The molecule has 0 spiro atoms. The number of hydrogen-bond donors (Lipinski definition) is 1. The summed E-state index contributed by atoms with van der Waals surface area (Å²) in [6.07, 6.45) is 3.83. The molecular formula is C26H26N4O2. The van der Waals surface area contributed by atoms with E-state index >= 15 is 0 Å². The number of amides is 1. The molecule has 1 aliphatic heterocycles. The monoisotopic (exact) mass is 426 g/mol. The lowest BCUT2D eigenvalue weighted by molar-refractivity contribution is -0.123. The van der Waals surface area contributed by atoms with E-state index < -0.39 is 0 Å². The van der Waals surface area contributed by atoms with E-state index in [-0.39, 0.29) is 5.91 Å². The van der Waals surface area contributed by atoms with Gasteiger partial charge in [-0.05, 0) is 28.5 Å². The van der Waals surface area contributed by atoms with Crippen LogP contribution in [0.3, 0.4) is 0 Å². The van der Waals surface area contributed by atoms with Gasteiger partial charge in [-0.15, -0.1) is 0 Å². The van der Waals surface area contributed by atoms with E-state index in [1.54, 1.807) is 6.21 Å². The molecule has 1 N–H and O–H groups in total. The number of nitrogens with one attached hydrogen (secondary N) is 1. The van der Waals surface area contributed by atoms with Gasteiger partial charge in [0.1, 0.15) is 0 Å². The molecule has 1 aliphatic rings. The number of rotatable bonds is 6. The summed E-state index contributed by atoms with van der Waals surface area (Å²) in [5.41, 5.74) is 6.02. The van der Waals surface area contributed by atoms with Gasteiger partial charge in [-0.1, -0.05) is 54.6 Å². The van der Waals surface area contributed by atoms with E-state index in [0.717, 1.165) is 36.1 Å². The first-order chi connectivity index (χ1) is 15.8. The number of aromatic nitrogens is 1. The number of hydrazone groups is 1. The lowest BCUT2D eigenvalue weighted by Gasteiger charge is -2.25. The molecular weight excluding hydrogens is 400 g/mol. The highest BCUT2D eigenvalue weighted by Gasteiger charge is 2.13. The molecule has 0 saturated carbocycles. The van der Waals surface area contributed by atoms with Crippen LogP contribution in [0.4, 0.5) is 0 Å². The molecule has 162 valence electrons. The first-order valence-electron chi connectivity index (χ1n) is 10.9. The largest absolute Gasteiger partial charge is 0.379 e. The van der Waals surface area contributed by atoms with Crippen LogP contribution in [0.15, 0.2) is 78.0 Å². The smallest absolute Gasteiger partial charge is 0.254 e. The Hall–Kier alpha value is -3.48. The fraction of sp³-hybridized carbons (Fsp3) is 0.231. The molecule has 1 saturated heterocycles. The summed E-state index contributed by atoms with van der Waals surface area (Å²) >= 11 is 0. The Morgan fingerprint density at radius 3 is 2.66 bits per heavy atom. The van der Waals surface area contributed by atoms with Gasteiger partial charge in [0.05, 0.1) is 26.0 Å². The van der Waals surface area contributed by atoms with E-state index in [4.69, 9.17) is 4.74 Å². The molecule has 1 aromatic heterocycles. The molecule has 32 heavy (non-hydrogen) atoms. The third-order valence-electron chi connectivity index (χ3n) is 5.85. The van der Waals surface area contributed by atoms with Crippen molar-refractivity contribution in [2.75, 3.05) is 32.8 Å². The van der Waals surface area contributed by atoms with Gasteiger partial charge < -0.3 is 9.30 Å². The molecule has 0 bridgehead atoms. The standard InChI is InChI=1S/C26H26N4O2/c31-26(19-29-11-13-32-14-12-29)28-27-16-23-18-30(25-8-4-3-7-24(23)25)17-20-9-10-21-5-1-2-6-22(21)15-20/h1-10,15-16,18H,11-14,17,19H2,(H,28,31)/b27-16+. The highest BCUT2D eigenvalue weighted by Crippen LogP contribution is 2.23. The molecule has 4 aromatic rings. The van der Waals surface area contributed by atoms with Crippen LogP contribution in [0, 0.1) is 0 Å². The Balaban J connectivity index is 1.32. The van der Waals surface area contributed by atoms with Crippen LogP contribution in [0.1, 0.15) is 11.1 Å². The highest BCUT2D eigenvalue weighted by molar-refractivity contribution is 5.99. The van der Waals surface area contributed by atoms with Crippen molar-refractivity contribution in [2.45, 2.75) is 6.54 Å². The molecule has 0 aliphatic carbocycles. The van der Waals surface area contributed by atoms with Gasteiger partial charge in [-0.25, -0.2) is 5.43 Å². The summed E-state index contributed by atoms with van der Waals surface area (Å²) in [6.45, 7) is 4.01. The predicted octanol–water partition coefficient (Wildman–Crippen LogP) is 3.63. The predicted molar refractivity (Wildman–Crippen MR) is 128 cm³/mol. The number of nitrogens with zero attached hydrogens (tertiary/aromatic N) is 3. The van der Waals surface area contributed by atoms with Crippen molar-refractivity contribution >= 4 is 33.8 Å². The van der Waals surface area contributed by atoms with Gasteiger partial charge in [-0.3, -0.25) is 9.69 Å². The zero-order chi connectivity index (χ0) is 21.8. The lowest BCUT2D eigenvalue weighted by atomic mass is 10.1. The van der Waals surface area contributed by atoms with E-state index in [0.29, 0.717) is 19.8 Å². The first-order valence-corrected chi connectivity index (χ1v) is 10.9. The Morgan fingerprint density at radius 2 is 1.78 bits per heavy atom. The fourth-order valence-corrected chi connectivity index (χ4v) is 4.21. The van der Waals surface area contributed by atoms with Crippen LogP contribution in [0.2, 0.25) is 0 Å². The quantitative estimate of drug-likeness (QED) is 0.378. The number of hydrogen-bond acceptors (Lipinski definition) is 4. The Bertz CT molecular complexity index is 1270. The van der Waals surface area contributed by atoms with Crippen molar-refractivity contribution in [1.29, 1.82) is 0 Å². The molecule has 0 radical (unpaired) electrons. The molecule has 0 atom stereocenters. The molecule has 3 aromatic carbocycles. The molecule has 2 heterocycles. The number of benzene rings is 3. The second-order valence-electron chi connectivity index (χ2n) is 8.09. The molecule has 6 nitrogen and oxygen atoms in total. The van der Waals surface area contributed by atoms with Crippen molar-refractivity contribution < 1.29 is 9.53 Å². The van der Waals surface area contributed by atoms with Crippen LogP contribution in [-0.4, -0.2) is 54.4 Å². The van der Waals surface area contributed by atoms with Gasteiger partial charge in [0.15, 0.2) is 0 Å². The van der Waals surface area contributed by atoms with Crippen LogP contribution >= 0.6 is 0 Å². The van der Waals surface area contributed by atoms with Crippen LogP contribution in [0.25, 0.3) is 21.7 Å². The summed E-state index contributed by atoms with van der Waals surface area (Å²) in [4.78, 5) is 14.3. The maximum Gasteiger partial charge on any atom is 0.254 e. The lowest BCUT2D eigenvalue weighted by Crippen LogP contribution is -2.42. The maximum absolute atomic E-state index is 12.2. The Morgan fingerprint density at radius 1 is 1.00 bits per heavy atom. The van der Waals surface area contributed by atoms with Crippen molar-refractivity contribution in [2.24, 2.45) is 5.10 Å². The minimum atomic E-state index is -0.108. The molecule has 1 fully saturated rings. The third-order valence-corrected chi connectivity index (χ3v) is 5.85. The Kier molecular flexibility index (Phi) is 5.96. The molecule has 6 heteroatoms. The number of carbonyl (C=O) groups excluding carboxylic acids is 1.